The van der Waals surface area contributed by atoms with E-state index in [1.54, 1.807) is 26.0 Å². The normalized spacial score (nSPS) is 17.8. The molecule has 1 aromatic rings. The zero-order chi connectivity index (χ0) is 18.0. The number of rotatable bonds is 4. The van der Waals surface area contributed by atoms with Crippen LogP contribution in [-0.2, 0) is 10.3 Å². The first-order chi connectivity index (χ1) is 11.1. The second-order valence-electron chi connectivity index (χ2n) is 6.79. The van der Waals surface area contributed by atoms with Crippen molar-refractivity contribution in [3.63, 3.8) is 0 Å². The molecule has 2 rings (SSSR count). The summed E-state index contributed by atoms with van der Waals surface area (Å²) >= 11 is 0. The third-order valence-electron chi connectivity index (χ3n) is 4.34. The van der Waals surface area contributed by atoms with Gasteiger partial charge in [0.1, 0.15) is 5.82 Å². The van der Waals surface area contributed by atoms with E-state index in [1.807, 2.05) is 0 Å². The zero-order valence-corrected chi connectivity index (χ0v) is 13.8. The van der Waals surface area contributed by atoms with Crippen LogP contribution in [-0.4, -0.2) is 36.6 Å². The van der Waals surface area contributed by atoms with E-state index >= 15 is 0 Å². The van der Waals surface area contributed by atoms with Crippen LogP contribution in [0, 0.1) is 11.7 Å². The van der Waals surface area contributed by atoms with E-state index in [4.69, 9.17) is 0 Å². The summed E-state index contributed by atoms with van der Waals surface area (Å²) in [5.41, 5.74) is -0.104. The number of hydrogen-bond donors (Lipinski definition) is 1. The number of amides is 1. The molecule has 1 saturated heterocycles. The highest BCUT2D eigenvalue weighted by molar-refractivity contribution is 5.79. The van der Waals surface area contributed by atoms with Crippen molar-refractivity contribution in [3.8, 4) is 0 Å². The van der Waals surface area contributed by atoms with Gasteiger partial charge in [0.15, 0.2) is 0 Å². The van der Waals surface area contributed by atoms with Gasteiger partial charge in [0.05, 0.1) is 12.1 Å². The van der Waals surface area contributed by atoms with Gasteiger partial charge in [-0.2, -0.15) is 13.2 Å². The van der Waals surface area contributed by atoms with E-state index in [9.17, 15) is 22.4 Å². The molecule has 1 aliphatic rings. The Morgan fingerprint density at radius 3 is 2.42 bits per heavy atom. The Balaban J connectivity index is 1.91. The van der Waals surface area contributed by atoms with Crippen molar-refractivity contribution in [2.24, 2.45) is 5.92 Å². The number of piperidine rings is 1. The van der Waals surface area contributed by atoms with Gasteiger partial charge in [-0.25, -0.2) is 4.39 Å². The van der Waals surface area contributed by atoms with E-state index < -0.39 is 18.3 Å². The van der Waals surface area contributed by atoms with Crippen molar-refractivity contribution in [1.29, 1.82) is 0 Å². The van der Waals surface area contributed by atoms with Gasteiger partial charge in [0, 0.05) is 5.92 Å². The largest absolute Gasteiger partial charge is 0.401 e. The number of halogens is 4. The molecule has 0 radical (unpaired) electrons. The first kappa shape index (κ1) is 18.7. The number of carbonyl (C=O) groups excluding carboxylic acids is 1. The summed E-state index contributed by atoms with van der Waals surface area (Å²) in [5, 5.41) is 2.89. The minimum absolute atomic E-state index is 0.198. The third kappa shape index (κ3) is 5.19. The van der Waals surface area contributed by atoms with Crippen LogP contribution in [0.1, 0.15) is 32.3 Å². The van der Waals surface area contributed by atoms with Gasteiger partial charge in [0.25, 0.3) is 0 Å². The van der Waals surface area contributed by atoms with Crippen LogP contribution >= 0.6 is 0 Å². The Labute approximate surface area is 139 Å². The van der Waals surface area contributed by atoms with E-state index in [-0.39, 0.29) is 30.7 Å². The van der Waals surface area contributed by atoms with E-state index in [1.165, 1.54) is 17.0 Å². The summed E-state index contributed by atoms with van der Waals surface area (Å²) < 4.78 is 50.5. The Morgan fingerprint density at radius 1 is 1.25 bits per heavy atom. The van der Waals surface area contributed by atoms with Crippen molar-refractivity contribution in [2.75, 3.05) is 19.6 Å². The summed E-state index contributed by atoms with van der Waals surface area (Å²) in [6.07, 6.45) is -3.43. The van der Waals surface area contributed by atoms with Gasteiger partial charge in [-0.3, -0.25) is 9.69 Å². The molecule has 0 saturated carbocycles. The lowest BCUT2D eigenvalue weighted by molar-refractivity contribution is -0.149. The number of likely N-dealkylation sites (tertiary alicyclic amines) is 1. The van der Waals surface area contributed by atoms with E-state index in [2.05, 4.69) is 5.32 Å². The molecule has 0 aromatic heterocycles. The third-order valence-corrected chi connectivity index (χ3v) is 4.34. The fourth-order valence-corrected chi connectivity index (χ4v) is 2.97. The van der Waals surface area contributed by atoms with Crippen molar-refractivity contribution in [1.82, 2.24) is 10.2 Å². The summed E-state index contributed by atoms with van der Waals surface area (Å²) in [5.74, 6) is -0.895. The molecule has 0 bridgehead atoms. The lowest BCUT2D eigenvalue weighted by Crippen LogP contribution is -2.48. The fourth-order valence-electron chi connectivity index (χ4n) is 2.97. The Hall–Kier alpha value is -1.63. The van der Waals surface area contributed by atoms with Gasteiger partial charge in [-0.15, -0.1) is 0 Å². The molecule has 134 valence electrons. The van der Waals surface area contributed by atoms with Crippen molar-refractivity contribution < 1.29 is 22.4 Å². The standard InChI is InChI=1S/C17H22F4N2O/c1-16(2,13-4-3-5-14(18)10-13)22-15(24)12-6-8-23(9-7-12)11-17(19,20)21/h3-5,10,12H,6-9,11H2,1-2H3,(H,22,24). The summed E-state index contributed by atoms with van der Waals surface area (Å²) in [6, 6.07) is 6.01. The SMILES string of the molecule is CC(C)(NC(=O)C1CCN(CC(F)(F)F)CC1)c1cccc(F)c1. The quantitative estimate of drug-likeness (QED) is 0.847. The molecule has 0 spiro atoms. The predicted octanol–water partition coefficient (Wildman–Crippen LogP) is 3.45. The molecule has 3 nitrogen and oxygen atoms in total. The smallest absolute Gasteiger partial charge is 0.347 e. The van der Waals surface area contributed by atoms with Gasteiger partial charge >= 0.3 is 6.18 Å². The molecule has 0 atom stereocenters. The predicted molar refractivity (Wildman–Crippen MR) is 82.8 cm³/mol. The lowest BCUT2D eigenvalue weighted by atomic mass is 9.90. The number of hydrogen-bond acceptors (Lipinski definition) is 2. The first-order valence-corrected chi connectivity index (χ1v) is 7.94. The molecular formula is C17H22F4N2O. The molecule has 0 unspecified atom stereocenters. The maximum atomic E-state index is 13.4. The summed E-state index contributed by atoms with van der Waals surface area (Å²) in [7, 11) is 0. The first-order valence-electron chi connectivity index (χ1n) is 7.94. The fraction of sp³-hybridized carbons (Fsp3) is 0.588. The van der Waals surface area contributed by atoms with Crippen LogP contribution in [0.2, 0.25) is 0 Å². The Morgan fingerprint density at radius 2 is 1.88 bits per heavy atom. The highest BCUT2D eigenvalue weighted by atomic mass is 19.4. The number of alkyl halides is 3. The van der Waals surface area contributed by atoms with E-state index in [0.717, 1.165) is 0 Å². The van der Waals surface area contributed by atoms with Crippen molar-refractivity contribution >= 4 is 5.91 Å². The van der Waals surface area contributed by atoms with Gasteiger partial charge in [0.2, 0.25) is 5.91 Å². The number of carbonyl (C=O) groups is 1. The zero-order valence-electron chi connectivity index (χ0n) is 13.8. The lowest BCUT2D eigenvalue weighted by Gasteiger charge is -2.34. The molecule has 1 aliphatic heterocycles. The van der Waals surface area contributed by atoms with Crippen LogP contribution in [0.4, 0.5) is 17.6 Å². The minimum atomic E-state index is -4.21. The molecular weight excluding hydrogens is 324 g/mol. The highest BCUT2D eigenvalue weighted by Gasteiger charge is 2.35. The number of nitrogens with one attached hydrogen (secondary N) is 1. The van der Waals surface area contributed by atoms with Gasteiger partial charge in [-0.05, 0) is 57.5 Å². The molecule has 1 fully saturated rings. The number of benzene rings is 1. The maximum Gasteiger partial charge on any atom is 0.401 e. The second-order valence-corrected chi connectivity index (χ2v) is 6.79. The monoisotopic (exact) mass is 346 g/mol. The van der Waals surface area contributed by atoms with Crippen LogP contribution in [0.3, 0.4) is 0 Å². The average Bonchev–Trinajstić information content (AvgIpc) is 2.46. The molecule has 1 aromatic carbocycles. The van der Waals surface area contributed by atoms with Crippen LogP contribution in [0.25, 0.3) is 0 Å². The summed E-state index contributed by atoms with van der Waals surface area (Å²) in [6.45, 7) is 3.11. The second kappa shape index (κ2) is 7.09. The van der Waals surface area contributed by atoms with Gasteiger partial charge in [-0.1, -0.05) is 12.1 Å². The van der Waals surface area contributed by atoms with Crippen LogP contribution in [0.15, 0.2) is 24.3 Å². The minimum Gasteiger partial charge on any atom is -0.347 e. The Kier molecular flexibility index (Phi) is 5.52. The van der Waals surface area contributed by atoms with Gasteiger partial charge < -0.3 is 5.32 Å². The molecule has 7 heteroatoms. The van der Waals surface area contributed by atoms with Crippen LogP contribution < -0.4 is 5.32 Å². The molecule has 1 amide bonds. The molecule has 1 heterocycles. The summed E-state index contributed by atoms with van der Waals surface area (Å²) in [4.78, 5) is 13.7. The highest BCUT2D eigenvalue weighted by Crippen LogP contribution is 2.25. The molecule has 0 aliphatic carbocycles. The topological polar surface area (TPSA) is 32.3 Å². The van der Waals surface area contributed by atoms with Crippen molar-refractivity contribution in [2.45, 2.75) is 38.4 Å². The Bertz CT molecular complexity index is 578. The van der Waals surface area contributed by atoms with E-state index in [0.29, 0.717) is 18.4 Å². The van der Waals surface area contributed by atoms with Crippen LogP contribution in [0.5, 0.6) is 0 Å². The number of nitrogens with zero attached hydrogens (tertiary/aromatic N) is 1. The molecule has 24 heavy (non-hydrogen) atoms. The molecule has 1 N–H and O–H groups in total. The average molecular weight is 346 g/mol. The van der Waals surface area contributed by atoms with Crippen molar-refractivity contribution in [3.05, 3.63) is 35.6 Å². The maximum absolute atomic E-state index is 13.4.